The van der Waals surface area contributed by atoms with E-state index in [0.29, 0.717) is 11.8 Å². The number of sulfonamides is 1. The van der Waals surface area contributed by atoms with Crippen molar-refractivity contribution in [3.8, 4) is 0 Å². The molecule has 3 unspecified atom stereocenters. The lowest BCUT2D eigenvalue weighted by molar-refractivity contribution is 0.0696. The molecule has 6 nitrogen and oxygen atoms in total. The number of carboxylic acid groups (broad SMARTS) is 1. The van der Waals surface area contributed by atoms with Crippen LogP contribution in [-0.4, -0.2) is 30.5 Å². The van der Waals surface area contributed by atoms with E-state index in [1.54, 1.807) is 0 Å². The highest BCUT2D eigenvalue weighted by Gasteiger charge is 2.41. The van der Waals surface area contributed by atoms with E-state index in [-0.39, 0.29) is 16.6 Å². The van der Waals surface area contributed by atoms with Gasteiger partial charge in [0, 0.05) is 12.2 Å². The number of nitrogens with one attached hydrogen (secondary N) is 1. The Hall–Kier alpha value is -1.47. The zero-order valence-corrected chi connectivity index (χ0v) is 11.6. The quantitative estimate of drug-likeness (QED) is 0.871. The Bertz CT molecular complexity index is 626. The van der Waals surface area contributed by atoms with Crippen molar-refractivity contribution in [1.82, 2.24) is 9.71 Å². The molecule has 2 bridgehead atoms. The summed E-state index contributed by atoms with van der Waals surface area (Å²) >= 11 is 0. The second-order valence-corrected chi connectivity index (χ2v) is 7.25. The van der Waals surface area contributed by atoms with Gasteiger partial charge in [-0.1, -0.05) is 6.42 Å². The molecule has 3 rings (SSSR count). The Kier molecular flexibility index (Phi) is 3.25. The van der Waals surface area contributed by atoms with Gasteiger partial charge in [0.1, 0.15) is 0 Å². The number of aromatic nitrogens is 1. The molecule has 0 amide bonds. The Labute approximate surface area is 117 Å². The van der Waals surface area contributed by atoms with Crippen molar-refractivity contribution < 1.29 is 18.3 Å². The normalized spacial score (nSPS) is 28.7. The van der Waals surface area contributed by atoms with Gasteiger partial charge in [0.25, 0.3) is 10.0 Å². The van der Waals surface area contributed by atoms with Crippen LogP contribution < -0.4 is 4.72 Å². The zero-order chi connectivity index (χ0) is 14.3. The molecule has 0 spiro atoms. The van der Waals surface area contributed by atoms with Gasteiger partial charge in [-0.05, 0) is 43.2 Å². The first kappa shape index (κ1) is 13.5. The van der Waals surface area contributed by atoms with Crippen LogP contribution in [0.25, 0.3) is 0 Å². The van der Waals surface area contributed by atoms with Crippen molar-refractivity contribution in [3.05, 3.63) is 23.9 Å². The SMILES string of the molecule is O=C(O)c1ccc(S(=O)(=O)NC2CC3CCC2C3)nc1. The summed E-state index contributed by atoms with van der Waals surface area (Å²) in [6.45, 7) is 0. The highest BCUT2D eigenvalue weighted by Crippen LogP contribution is 2.44. The minimum atomic E-state index is -3.66. The van der Waals surface area contributed by atoms with Gasteiger partial charge < -0.3 is 5.11 Å². The van der Waals surface area contributed by atoms with E-state index in [1.807, 2.05) is 0 Å². The fraction of sp³-hybridized carbons (Fsp3) is 0.538. The van der Waals surface area contributed by atoms with Gasteiger partial charge in [-0.25, -0.2) is 22.9 Å². The highest BCUT2D eigenvalue weighted by atomic mass is 32.2. The summed E-state index contributed by atoms with van der Waals surface area (Å²) in [5.74, 6) is -0.0365. The molecule has 2 aliphatic rings. The molecule has 3 atom stereocenters. The summed E-state index contributed by atoms with van der Waals surface area (Å²) in [6.07, 6.45) is 5.37. The van der Waals surface area contributed by atoms with E-state index >= 15 is 0 Å². The van der Waals surface area contributed by atoms with Crippen LogP contribution in [-0.2, 0) is 10.0 Å². The lowest BCUT2D eigenvalue weighted by Gasteiger charge is -2.22. The van der Waals surface area contributed by atoms with Crippen LogP contribution in [0, 0.1) is 11.8 Å². The molecule has 1 heterocycles. The average Bonchev–Trinajstić information content (AvgIpc) is 3.00. The van der Waals surface area contributed by atoms with E-state index in [2.05, 4.69) is 9.71 Å². The number of rotatable bonds is 4. The number of carbonyl (C=O) groups is 1. The fourth-order valence-electron chi connectivity index (χ4n) is 3.31. The minimum absolute atomic E-state index is 0.000278. The minimum Gasteiger partial charge on any atom is -0.478 e. The number of fused-ring (bicyclic) bond motifs is 2. The van der Waals surface area contributed by atoms with Crippen molar-refractivity contribution in [2.24, 2.45) is 11.8 Å². The molecule has 1 aromatic heterocycles. The van der Waals surface area contributed by atoms with Gasteiger partial charge >= 0.3 is 5.97 Å². The number of pyridine rings is 1. The average molecular weight is 296 g/mol. The molecule has 108 valence electrons. The van der Waals surface area contributed by atoms with Crippen LogP contribution in [0.15, 0.2) is 23.4 Å². The lowest BCUT2D eigenvalue weighted by Crippen LogP contribution is -2.38. The van der Waals surface area contributed by atoms with Gasteiger partial charge in [0.2, 0.25) is 0 Å². The summed E-state index contributed by atoms with van der Waals surface area (Å²) in [4.78, 5) is 14.5. The maximum absolute atomic E-state index is 12.2. The van der Waals surface area contributed by atoms with Crippen LogP contribution in [0.3, 0.4) is 0 Å². The van der Waals surface area contributed by atoms with Crippen LogP contribution in [0.1, 0.15) is 36.0 Å². The van der Waals surface area contributed by atoms with E-state index in [1.165, 1.54) is 18.6 Å². The largest absolute Gasteiger partial charge is 0.478 e. The number of carboxylic acids is 1. The zero-order valence-electron chi connectivity index (χ0n) is 10.8. The summed E-state index contributed by atoms with van der Waals surface area (Å²) < 4.78 is 27.2. The smallest absolute Gasteiger partial charge is 0.337 e. The number of nitrogens with zero attached hydrogens (tertiary/aromatic N) is 1. The van der Waals surface area contributed by atoms with Gasteiger partial charge in [0.15, 0.2) is 5.03 Å². The molecular weight excluding hydrogens is 280 g/mol. The van der Waals surface area contributed by atoms with Crippen molar-refractivity contribution >= 4 is 16.0 Å². The van der Waals surface area contributed by atoms with Crippen LogP contribution >= 0.6 is 0 Å². The number of hydrogen-bond acceptors (Lipinski definition) is 4. The molecule has 7 heteroatoms. The van der Waals surface area contributed by atoms with Gasteiger partial charge in [-0.15, -0.1) is 0 Å². The molecule has 2 N–H and O–H groups in total. The molecule has 2 saturated carbocycles. The Balaban J connectivity index is 1.76. The molecule has 0 radical (unpaired) electrons. The first-order chi connectivity index (χ1) is 9.45. The molecule has 0 saturated heterocycles. The van der Waals surface area contributed by atoms with Crippen LogP contribution in [0.4, 0.5) is 0 Å². The van der Waals surface area contributed by atoms with E-state index in [4.69, 9.17) is 5.11 Å². The van der Waals surface area contributed by atoms with E-state index in [9.17, 15) is 13.2 Å². The predicted molar refractivity (Wildman–Crippen MR) is 70.8 cm³/mol. The van der Waals surface area contributed by atoms with Crippen molar-refractivity contribution in [1.29, 1.82) is 0 Å². The lowest BCUT2D eigenvalue weighted by atomic mass is 9.96. The van der Waals surface area contributed by atoms with Gasteiger partial charge in [-0.3, -0.25) is 0 Å². The van der Waals surface area contributed by atoms with Crippen LogP contribution in [0.5, 0.6) is 0 Å². The molecule has 0 aliphatic heterocycles. The molecule has 2 aliphatic carbocycles. The van der Waals surface area contributed by atoms with E-state index < -0.39 is 16.0 Å². The predicted octanol–water partition coefficient (Wildman–Crippen LogP) is 1.25. The van der Waals surface area contributed by atoms with Crippen molar-refractivity contribution in [2.45, 2.75) is 36.8 Å². The maximum Gasteiger partial charge on any atom is 0.337 e. The third-order valence-corrected chi connectivity index (χ3v) is 5.71. The van der Waals surface area contributed by atoms with Crippen molar-refractivity contribution in [2.75, 3.05) is 0 Å². The molecular formula is C13H16N2O4S. The van der Waals surface area contributed by atoms with Gasteiger partial charge in [0.05, 0.1) is 5.56 Å². The number of hydrogen-bond donors (Lipinski definition) is 2. The Morgan fingerprint density at radius 2 is 2.10 bits per heavy atom. The summed E-state index contributed by atoms with van der Waals surface area (Å²) in [5, 5.41) is 8.65. The number of aromatic carboxylic acids is 1. The monoisotopic (exact) mass is 296 g/mol. The van der Waals surface area contributed by atoms with Crippen LogP contribution in [0.2, 0.25) is 0 Å². The summed E-state index contributed by atoms with van der Waals surface area (Å²) in [7, 11) is -3.66. The van der Waals surface area contributed by atoms with Crippen molar-refractivity contribution in [3.63, 3.8) is 0 Å². The molecule has 2 fully saturated rings. The van der Waals surface area contributed by atoms with Gasteiger partial charge in [-0.2, -0.15) is 0 Å². The summed E-state index contributed by atoms with van der Waals surface area (Å²) in [5.41, 5.74) is -0.0242. The Morgan fingerprint density at radius 3 is 2.60 bits per heavy atom. The van der Waals surface area contributed by atoms with E-state index in [0.717, 1.165) is 25.5 Å². The first-order valence-corrected chi connectivity index (χ1v) is 8.16. The topological polar surface area (TPSA) is 96.4 Å². The second-order valence-electron chi connectivity index (χ2n) is 5.59. The Morgan fingerprint density at radius 1 is 1.30 bits per heavy atom. The third-order valence-electron chi connectivity index (χ3n) is 4.30. The highest BCUT2D eigenvalue weighted by molar-refractivity contribution is 7.89. The maximum atomic E-state index is 12.2. The molecule has 20 heavy (non-hydrogen) atoms. The molecule has 0 aromatic carbocycles. The standard InChI is InChI=1S/C13H16N2O4S/c16-13(17)10-3-4-12(14-7-10)20(18,19)15-11-6-8-1-2-9(11)5-8/h3-4,7-9,11,15H,1-2,5-6H2,(H,16,17). The fourth-order valence-corrected chi connectivity index (χ4v) is 4.56. The molecule has 1 aromatic rings. The third kappa shape index (κ3) is 2.43. The summed E-state index contributed by atoms with van der Waals surface area (Å²) in [6, 6.07) is 2.49. The first-order valence-electron chi connectivity index (χ1n) is 6.67. The second kappa shape index (κ2) is 4.82.